The van der Waals surface area contributed by atoms with E-state index >= 15 is 0 Å². The Morgan fingerprint density at radius 1 is 1.50 bits per heavy atom. The van der Waals surface area contributed by atoms with Gasteiger partial charge in [0.15, 0.2) is 5.96 Å². The van der Waals surface area contributed by atoms with Crippen LogP contribution >= 0.6 is 23.7 Å². The quantitative estimate of drug-likeness (QED) is 0.816. The summed E-state index contributed by atoms with van der Waals surface area (Å²) in [7, 11) is 0. The monoisotopic (exact) mass is 261 g/mol. The zero-order valence-corrected chi connectivity index (χ0v) is 10.6. The molecule has 3 N–H and O–H groups in total. The van der Waals surface area contributed by atoms with Crippen LogP contribution in [-0.2, 0) is 0 Å². The van der Waals surface area contributed by atoms with E-state index in [0.29, 0.717) is 0 Å². The molecule has 6 heteroatoms. The minimum Gasteiger partial charge on any atom is -0.370 e. The fourth-order valence-electron chi connectivity index (χ4n) is 1.60. The molecule has 0 aromatic carbocycles. The van der Waals surface area contributed by atoms with Gasteiger partial charge in [0.1, 0.15) is 11.9 Å². The molecule has 0 bridgehead atoms. The number of rotatable bonds is 1. The number of halogens is 2. The van der Waals surface area contributed by atoms with E-state index in [9.17, 15) is 4.39 Å². The Labute approximate surface area is 104 Å². The molecule has 16 heavy (non-hydrogen) atoms. The van der Waals surface area contributed by atoms with E-state index in [-0.39, 0.29) is 24.2 Å². The van der Waals surface area contributed by atoms with Crippen molar-refractivity contribution in [3.63, 3.8) is 0 Å². The first-order valence-electron chi connectivity index (χ1n) is 4.60. The van der Waals surface area contributed by atoms with Gasteiger partial charge in [-0.05, 0) is 25.5 Å². The molecule has 1 atom stereocenters. The first-order chi connectivity index (χ1) is 7.08. The number of nitrogens with one attached hydrogen (secondary N) is 1. The summed E-state index contributed by atoms with van der Waals surface area (Å²) in [5.74, 6) is -0.0465. The van der Waals surface area contributed by atoms with Crippen LogP contribution in [0.1, 0.15) is 21.4 Å². The van der Waals surface area contributed by atoms with Gasteiger partial charge in [-0.25, -0.2) is 9.38 Å². The lowest BCUT2D eigenvalue weighted by Gasteiger charge is -2.16. The molecule has 88 valence electrons. The summed E-state index contributed by atoms with van der Waals surface area (Å²) in [6.45, 7) is 3.96. The van der Waals surface area contributed by atoms with Gasteiger partial charge in [-0.1, -0.05) is 0 Å². The zero-order valence-electron chi connectivity index (χ0n) is 8.95. The summed E-state index contributed by atoms with van der Waals surface area (Å²) in [5.41, 5.74) is 6.41. The van der Waals surface area contributed by atoms with Crippen molar-refractivity contribution in [2.75, 3.05) is 0 Å². The van der Waals surface area contributed by atoms with Crippen LogP contribution in [0.5, 0.6) is 0 Å². The molecular formula is C10H13ClFN3S. The molecule has 0 spiro atoms. The summed E-state index contributed by atoms with van der Waals surface area (Å²) in [4.78, 5) is 6.29. The molecule has 0 radical (unpaired) electrons. The van der Waals surface area contributed by atoms with Gasteiger partial charge in [0, 0.05) is 16.0 Å². The van der Waals surface area contributed by atoms with Crippen LogP contribution in [0.25, 0.3) is 0 Å². The number of thiophene rings is 1. The minimum absolute atomic E-state index is 0. The molecule has 1 aromatic rings. The van der Waals surface area contributed by atoms with Gasteiger partial charge in [-0.15, -0.1) is 23.7 Å². The van der Waals surface area contributed by atoms with E-state index in [4.69, 9.17) is 5.73 Å². The minimum atomic E-state index is -0.573. The highest BCUT2D eigenvalue weighted by Gasteiger charge is 2.22. The van der Waals surface area contributed by atoms with Crippen LogP contribution < -0.4 is 11.1 Å². The molecule has 2 rings (SSSR count). The Morgan fingerprint density at radius 3 is 2.75 bits per heavy atom. The molecule has 0 aliphatic carbocycles. The highest BCUT2D eigenvalue weighted by Crippen LogP contribution is 2.34. The van der Waals surface area contributed by atoms with Crippen molar-refractivity contribution < 1.29 is 4.39 Å². The van der Waals surface area contributed by atoms with Crippen LogP contribution in [0.2, 0.25) is 0 Å². The number of hydrogen-bond donors (Lipinski definition) is 2. The van der Waals surface area contributed by atoms with E-state index in [1.54, 1.807) is 11.3 Å². The lowest BCUT2D eigenvalue weighted by atomic mass is 10.1. The Kier molecular flexibility index (Phi) is 3.93. The summed E-state index contributed by atoms with van der Waals surface area (Å²) >= 11 is 1.64. The van der Waals surface area contributed by atoms with E-state index < -0.39 is 6.04 Å². The molecule has 1 aliphatic heterocycles. The molecule has 1 aromatic heterocycles. The summed E-state index contributed by atoms with van der Waals surface area (Å²) in [6.07, 6.45) is 1.26. The largest absolute Gasteiger partial charge is 0.370 e. The third-order valence-corrected chi connectivity index (χ3v) is 3.24. The standard InChI is InChI=1S/C10H12FN3S.ClH/c1-5-3-7(6(2)15-5)9-8(11)4-13-10(12)14-9;/h3-4,9H,1-2H3,(H3,12,13,14);1H. The van der Waals surface area contributed by atoms with Crippen molar-refractivity contribution in [3.05, 3.63) is 33.4 Å². The molecule has 0 amide bonds. The smallest absolute Gasteiger partial charge is 0.193 e. The molecule has 1 unspecified atom stereocenters. The number of nitrogens with two attached hydrogens (primary N) is 1. The summed E-state index contributed by atoms with van der Waals surface area (Å²) < 4.78 is 13.5. The van der Waals surface area contributed by atoms with E-state index in [1.807, 2.05) is 19.9 Å². The van der Waals surface area contributed by atoms with E-state index in [0.717, 1.165) is 15.3 Å². The fraction of sp³-hybridized carbons (Fsp3) is 0.300. The Balaban J connectivity index is 0.00000128. The number of nitrogens with zero attached hydrogens (tertiary/aromatic N) is 1. The molecule has 1 aliphatic rings. The third-order valence-electron chi connectivity index (χ3n) is 2.26. The van der Waals surface area contributed by atoms with Gasteiger partial charge in [0.25, 0.3) is 0 Å². The van der Waals surface area contributed by atoms with Crippen molar-refractivity contribution in [2.45, 2.75) is 19.9 Å². The van der Waals surface area contributed by atoms with Gasteiger partial charge in [-0.3, -0.25) is 0 Å². The van der Waals surface area contributed by atoms with E-state index in [1.165, 1.54) is 6.20 Å². The maximum Gasteiger partial charge on any atom is 0.193 e. The highest BCUT2D eigenvalue weighted by molar-refractivity contribution is 7.12. The fourth-order valence-corrected chi connectivity index (χ4v) is 2.56. The second-order valence-electron chi connectivity index (χ2n) is 3.46. The topological polar surface area (TPSA) is 50.4 Å². The van der Waals surface area contributed by atoms with Crippen molar-refractivity contribution in [3.8, 4) is 0 Å². The zero-order chi connectivity index (χ0) is 11.0. The lowest BCUT2D eigenvalue weighted by Crippen LogP contribution is -2.31. The number of guanidine groups is 1. The van der Waals surface area contributed by atoms with Gasteiger partial charge >= 0.3 is 0 Å². The Hall–Kier alpha value is -1.07. The van der Waals surface area contributed by atoms with Crippen LogP contribution in [0, 0.1) is 13.8 Å². The third kappa shape index (κ3) is 2.36. The maximum atomic E-state index is 13.5. The number of hydrogen-bond acceptors (Lipinski definition) is 4. The number of aryl methyl sites for hydroxylation is 2. The molecule has 3 nitrogen and oxygen atoms in total. The Morgan fingerprint density at radius 2 is 2.19 bits per heavy atom. The van der Waals surface area contributed by atoms with Crippen molar-refractivity contribution in [1.29, 1.82) is 0 Å². The molecule has 0 saturated heterocycles. The van der Waals surface area contributed by atoms with Crippen molar-refractivity contribution in [1.82, 2.24) is 5.32 Å². The normalized spacial score (nSPS) is 19.3. The SMILES string of the molecule is Cc1cc(C2N=C(N)NC=C2F)c(C)s1.Cl. The molecule has 0 saturated carbocycles. The van der Waals surface area contributed by atoms with Crippen LogP contribution in [0.15, 0.2) is 23.1 Å². The van der Waals surface area contributed by atoms with Crippen molar-refractivity contribution in [2.24, 2.45) is 10.7 Å². The predicted octanol–water partition coefficient (Wildman–Crippen LogP) is 2.56. The summed E-state index contributed by atoms with van der Waals surface area (Å²) in [6, 6.07) is 1.39. The number of aliphatic imine (C=N–C) groups is 1. The second kappa shape index (κ2) is 4.84. The molecule has 2 heterocycles. The maximum absolute atomic E-state index is 13.5. The molecule has 0 fully saturated rings. The first kappa shape index (κ1) is 13.0. The van der Waals surface area contributed by atoms with E-state index in [2.05, 4.69) is 10.3 Å². The van der Waals surface area contributed by atoms with Gasteiger partial charge in [0.05, 0.1) is 0 Å². The average Bonchev–Trinajstić information content (AvgIpc) is 2.50. The van der Waals surface area contributed by atoms with Crippen LogP contribution in [-0.4, -0.2) is 5.96 Å². The van der Waals surface area contributed by atoms with Gasteiger partial charge in [-0.2, -0.15) is 0 Å². The molecular weight excluding hydrogens is 249 g/mol. The van der Waals surface area contributed by atoms with Gasteiger partial charge < -0.3 is 11.1 Å². The summed E-state index contributed by atoms with van der Waals surface area (Å²) in [5, 5.41) is 2.55. The van der Waals surface area contributed by atoms with Crippen molar-refractivity contribution >= 4 is 29.7 Å². The van der Waals surface area contributed by atoms with Crippen LogP contribution in [0.3, 0.4) is 0 Å². The Bertz CT molecular complexity index is 453. The first-order valence-corrected chi connectivity index (χ1v) is 5.42. The average molecular weight is 262 g/mol. The van der Waals surface area contributed by atoms with Gasteiger partial charge in [0.2, 0.25) is 0 Å². The lowest BCUT2D eigenvalue weighted by molar-refractivity contribution is 0.539. The highest BCUT2D eigenvalue weighted by atomic mass is 35.5. The van der Waals surface area contributed by atoms with Crippen LogP contribution in [0.4, 0.5) is 4.39 Å². The second-order valence-corrected chi connectivity index (χ2v) is 4.92. The predicted molar refractivity (Wildman–Crippen MR) is 67.7 cm³/mol.